The molecular formula is C9H8N2O3S. The second-order valence-corrected chi connectivity index (χ2v) is 4.04. The lowest BCUT2D eigenvalue weighted by Gasteiger charge is -1.88. The molecule has 0 saturated carbocycles. The Morgan fingerprint density at radius 3 is 3.07 bits per heavy atom. The quantitative estimate of drug-likeness (QED) is 0.455. The number of benzene rings is 1. The van der Waals surface area contributed by atoms with E-state index in [-0.39, 0.29) is 5.69 Å². The summed E-state index contributed by atoms with van der Waals surface area (Å²) in [5.74, 6) is 0.856. The molecule has 0 radical (unpaired) electrons. The fourth-order valence-corrected chi connectivity index (χ4v) is 1.75. The minimum atomic E-state index is -0.444. The van der Waals surface area contributed by atoms with E-state index in [2.05, 4.69) is 4.98 Å². The van der Waals surface area contributed by atoms with Crippen molar-refractivity contribution >= 4 is 28.5 Å². The zero-order valence-electron chi connectivity index (χ0n) is 7.97. The van der Waals surface area contributed by atoms with Crippen molar-refractivity contribution < 1.29 is 9.34 Å². The third-order valence-corrected chi connectivity index (χ3v) is 2.54. The van der Waals surface area contributed by atoms with Crippen LogP contribution in [0.3, 0.4) is 0 Å². The molecule has 0 fully saturated rings. The molecule has 6 heteroatoms. The highest BCUT2D eigenvalue weighted by Gasteiger charge is 2.11. The van der Waals surface area contributed by atoms with E-state index < -0.39 is 4.92 Å². The number of aromatic nitrogens is 1. The number of non-ortho nitro benzene ring substituents is 1. The second kappa shape index (κ2) is 3.90. The first-order chi connectivity index (χ1) is 7.20. The van der Waals surface area contributed by atoms with E-state index in [1.807, 2.05) is 6.92 Å². The fourth-order valence-electron chi connectivity index (χ4n) is 1.19. The Bertz CT molecular complexity index is 509. The first kappa shape index (κ1) is 9.97. The van der Waals surface area contributed by atoms with Gasteiger partial charge in [0, 0.05) is 12.1 Å². The zero-order valence-corrected chi connectivity index (χ0v) is 8.78. The first-order valence-electron chi connectivity index (χ1n) is 4.38. The lowest BCUT2D eigenvalue weighted by Crippen LogP contribution is -1.86. The van der Waals surface area contributed by atoms with Gasteiger partial charge in [0.15, 0.2) is 5.58 Å². The average molecular weight is 224 g/mol. The summed E-state index contributed by atoms with van der Waals surface area (Å²) >= 11 is 1.47. The molecule has 5 nitrogen and oxygen atoms in total. The number of rotatable bonds is 3. The highest BCUT2D eigenvalue weighted by molar-refractivity contribution is 7.99. The predicted octanol–water partition coefficient (Wildman–Crippen LogP) is 2.85. The van der Waals surface area contributed by atoms with E-state index in [0.29, 0.717) is 16.3 Å². The van der Waals surface area contributed by atoms with Gasteiger partial charge in [-0.05, 0) is 11.8 Å². The molecule has 0 aliphatic rings. The van der Waals surface area contributed by atoms with Crippen molar-refractivity contribution in [2.75, 3.05) is 5.75 Å². The van der Waals surface area contributed by atoms with Gasteiger partial charge in [-0.1, -0.05) is 18.7 Å². The van der Waals surface area contributed by atoms with Gasteiger partial charge in [0.2, 0.25) is 0 Å². The summed E-state index contributed by atoms with van der Waals surface area (Å²) in [4.78, 5) is 14.2. The minimum Gasteiger partial charge on any atom is -0.431 e. The van der Waals surface area contributed by atoms with E-state index in [0.717, 1.165) is 5.75 Å². The van der Waals surface area contributed by atoms with E-state index in [1.54, 1.807) is 6.07 Å². The Morgan fingerprint density at radius 1 is 1.60 bits per heavy atom. The van der Waals surface area contributed by atoms with E-state index in [4.69, 9.17) is 4.42 Å². The van der Waals surface area contributed by atoms with Crippen LogP contribution in [0.1, 0.15) is 6.92 Å². The van der Waals surface area contributed by atoms with Gasteiger partial charge in [-0.3, -0.25) is 10.1 Å². The monoisotopic (exact) mass is 224 g/mol. The maximum absolute atomic E-state index is 10.5. The Balaban J connectivity index is 2.47. The number of fused-ring (bicyclic) bond motifs is 1. The van der Waals surface area contributed by atoms with Crippen LogP contribution in [0, 0.1) is 10.1 Å². The maximum Gasteiger partial charge on any atom is 0.271 e. The Hall–Kier alpha value is -1.56. The van der Waals surface area contributed by atoms with Crippen molar-refractivity contribution in [1.82, 2.24) is 4.98 Å². The van der Waals surface area contributed by atoms with Crippen LogP contribution in [-0.4, -0.2) is 15.7 Å². The van der Waals surface area contributed by atoms with Crippen LogP contribution >= 0.6 is 11.8 Å². The minimum absolute atomic E-state index is 0.0313. The molecule has 0 spiro atoms. The summed E-state index contributed by atoms with van der Waals surface area (Å²) in [5.41, 5.74) is 1.14. The van der Waals surface area contributed by atoms with Gasteiger partial charge in [0.25, 0.3) is 10.9 Å². The largest absolute Gasteiger partial charge is 0.431 e. The molecule has 0 unspecified atom stereocenters. The molecule has 78 valence electrons. The van der Waals surface area contributed by atoms with Gasteiger partial charge in [-0.15, -0.1) is 0 Å². The number of thioether (sulfide) groups is 1. The standard InChI is InChI=1S/C9H8N2O3S/c1-2-15-9-10-7-5-6(11(12)13)3-4-8(7)14-9/h3-5H,2H2,1H3. The molecule has 2 aromatic rings. The highest BCUT2D eigenvalue weighted by Crippen LogP contribution is 2.25. The van der Waals surface area contributed by atoms with Crippen LogP contribution in [0.4, 0.5) is 5.69 Å². The number of hydrogen-bond donors (Lipinski definition) is 0. The fraction of sp³-hybridized carbons (Fsp3) is 0.222. The van der Waals surface area contributed by atoms with Gasteiger partial charge >= 0.3 is 0 Å². The van der Waals surface area contributed by atoms with E-state index in [9.17, 15) is 10.1 Å². The summed E-state index contributed by atoms with van der Waals surface area (Å²) in [6, 6.07) is 4.40. The van der Waals surface area contributed by atoms with Crippen molar-refractivity contribution in [2.45, 2.75) is 12.1 Å². The van der Waals surface area contributed by atoms with Crippen molar-refractivity contribution in [3.8, 4) is 0 Å². The normalized spacial score (nSPS) is 10.7. The smallest absolute Gasteiger partial charge is 0.271 e. The van der Waals surface area contributed by atoms with Crippen LogP contribution in [0.15, 0.2) is 27.8 Å². The molecule has 0 N–H and O–H groups in total. The number of nitro groups is 1. The molecule has 0 bridgehead atoms. The highest BCUT2D eigenvalue weighted by atomic mass is 32.2. The molecule has 1 heterocycles. The molecule has 1 aromatic carbocycles. The van der Waals surface area contributed by atoms with Crippen molar-refractivity contribution in [1.29, 1.82) is 0 Å². The molecule has 0 aliphatic carbocycles. The molecule has 0 atom stereocenters. The number of oxazole rings is 1. The Labute approximate surface area is 89.6 Å². The van der Waals surface area contributed by atoms with Crippen LogP contribution in [0.5, 0.6) is 0 Å². The van der Waals surface area contributed by atoms with Gasteiger partial charge in [0.1, 0.15) is 5.52 Å². The van der Waals surface area contributed by atoms with Gasteiger partial charge < -0.3 is 4.42 Å². The lowest BCUT2D eigenvalue weighted by atomic mass is 10.3. The molecule has 0 saturated heterocycles. The summed E-state index contributed by atoms with van der Waals surface area (Å²) in [6.45, 7) is 1.99. The SMILES string of the molecule is CCSc1nc2cc([N+](=O)[O-])ccc2o1. The van der Waals surface area contributed by atoms with Crippen molar-refractivity contribution in [3.63, 3.8) is 0 Å². The topological polar surface area (TPSA) is 69.2 Å². The van der Waals surface area contributed by atoms with Crippen molar-refractivity contribution in [2.24, 2.45) is 0 Å². The predicted molar refractivity (Wildman–Crippen MR) is 57.1 cm³/mol. The average Bonchev–Trinajstić information content (AvgIpc) is 2.59. The number of hydrogen-bond acceptors (Lipinski definition) is 5. The summed E-state index contributed by atoms with van der Waals surface area (Å²) in [7, 11) is 0. The maximum atomic E-state index is 10.5. The molecule has 0 amide bonds. The van der Waals surface area contributed by atoms with Crippen LogP contribution < -0.4 is 0 Å². The van der Waals surface area contributed by atoms with E-state index in [1.165, 1.54) is 23.9 Å². The Morgan fingerprint density at radius 2 is 2.40 bits per heavy atom. The molecule has 2 rings (SSSR count). The van der Waals surface area contributed by atoms with Gasteiger partial charge in [-0.25, -0.2) is 4.98 Å². The molecule has 15 heavy (non-hydrogen) atoms. The summed E-state index contributed by atoms with van der Waals surface area (Å²) < 4.78 is 5.37. The van der Waals surface area contributed by atoms with Crippen molar-refractivity contribution in [3.05, 3.63) is 28.3 Å². The van der Waals surface area contributed by atoms with E-state index >= 15 is 0 Å². The van der Waals surface area contributed by atoms with Crippen LogP contribution in [-0.2, 0) is 0 Å². The van der Waals surface area contributed by atoms with Gasteiger partial charge in [-0.2, -0.15) is 0 Å². The molecule has 0 aliphatic heterocycles. The molecule has 1 aromatic heterocycles. The van der Waals surface area contributed by atoms with Gasteiger partial charge in [0.05, 0.1) is 4.92 Å². The summed E-state index contributed by atoms with van der Waals surface area (Å²) in [5, 5.41) is 11.1. The third-order valence-electron chi connectivity index (χ3n) is 1.83. The zero-order chi connectivity index (χ0) is 10.8. The summed E-state index contributed by atoms with van der Waals surface area (Å²) in [6.07, 6.45) is 0. The number of nitrogens with zero attached hydrogens (tertiary/aromatic N) is 2. The lowest BCUT2D eigenvalue weighted by molar-refractivity contribution is -0.384. The first-order valence-corrected chi connectivity index (χ1v) is 5.37. The van der Waals surface area contributed by atoms with Crippen LogP contribution in [0.25, 0.3) is 11.1 Å². The van der Waals surface area contributed by atoms with Crippen LogP contribution in [0.2, 0.25) is 0 Å². The molecular weight excluding hydrogens is 216 g/mol. The number of nitro benzene ring substituents is 1. The second-order valence-electron chi connectivity index (χ2n) is 2.82. The third kappa shape index (κ3) is 1.94. The Kier molecular flexibility index (Phi) is 2.59.